The van der Waals surface area contributed by atoms with Crippen molar-refractivity contribution in [2.45, 2.75) is 6.04 Å². The molecule has 3 amide bonds. The van der Waals surface area contributed by atoms with Gasteiger partial charge in [0.2, 0.25) is 0 Å². The molecule has 1 fully saturated rings. The molecule has 14 heavy (non-hydrogen) atoms. The lowest BCUT2D eigenvalue weighted by atomic mass is 10.1. The van der Waals surface area contributed by atoms with Crippen LogP contribution in [0, 0.1) is 0 Å². The summed E-state index contributed by atoms with van der Waals surface area (Å²) in [4.78, 5) is 22.5. The zero-order valence-corrected chi connectivity index (χ0v) is 7.31. The maximum absolute atomic E-state index is 11.4. The predicted octanol–water partition coefficient (Wildman–Crippen LogP) is 0.153. The van der Waals surface area contributed by atoms with Crippen molar-refractivity contribution in [2.75, 3.05) is 0 Å². The number of benzene rings is 1. The lowest BCUT2D eigenvalue weighted by Gasteiger charge is -2.06. The van der Waals surface area contributed by atoms with E-state index in [1.807, 2.05) is 6.07 Å². The number of nitrogens with one attached hydrogen (secondary N) is 1. The van der Waals surface area contributed by atoms with Crippen LogP contribution < -0.4 is 11.2 Å². The Hall–Kier alpha value is -1.88. The molecular formula is C9H9N3O2. The van der Waals surface area contributed by atoms with Gasteiger partial charge in [0.1, 0.15) is 6.04 Å². The SMILES string of the molecule is NN1C(=O)NC(c2ccccc2)C1=O. The third-order valence-electron chi connectivity index (χ3n) is 2.10. The molecule has 0 saturated carbocycles. The monoisotopic (exact) mass is 191 g/mol. The second-order valence-electron chi connectivity index (χ2n) is 3.00. The van der Waals surface area contributed by atoms with Crippen LogP contribution >= 0.6 is 0 Å². The molecule has 1 aliphatic heterocycles. The number of urea groups is 1. The minimum atomic E-state index is -0.645. The van der Waals surface area contributed by atoms with Crippen LogP contribution in [0.5, 0.6) is 0 Å². The van der Waals surface area contributed by atoms with Crippen molar-refractivity contribution in [1.82, 2.24) is 10.3 Å². The lowest BCUT2D eigenvalue weighted by Crippen LogP contribution is -2.37. The van der Waals surface area contributed by atoms with E-state index in [0.717, 1.165) is 5.56 Å². The highest BCUT2D eigenvalue weighted by molar-refractivity contribution is 6.03. The summed E-state index contributed by atoms with van der Waals surface area (Å²) >= 11 is 0. The Morgan fingerprint density at radius 1 is 1.21 bits per heavy atom. The molecule has 0 spiro atoms. The molecule has 1 heterocycles. The van der Waals surface area contributed by atoms with Crippen molar-refractivity contribution in [3.05, 3.63) is 35.9 Å². The maximum atomic E-state index is 11.4. The van der Waals surface area contributed by atoms with Crippen LogP contribution in [0.2, 0.25) is 0 Å². The number of nitrogens with zero attached hydrogens (tertiary/aromatic N) is 1. The van der Waals surface area contributed by atoms with Gasteiger partial charge in [-0.3, -0.25) is 4.79 Å². The summed E-state index contributed by atoms with van der Waals surface area (Å²) in [6, 6.07) is 7.76. The molecule has 0 bridgehead atoms. The molecule has 0 aromatic heterocycles. The Morgan fingerprint density at radius 2 is 1.86 bits per heavy atom. The van der Waals surface area contributed by atoms with E-state index in [-0.39, 0.29) is 0 Å². The molecule has 2 rings (SSSR count). The summed E-state index contributed by atoms with van der Waals surface area (Å²) < 4.78 is 0. The van der Waals surface area contributed by atoms with Crippen molar-refractivity contribution in [1.29, 1.82) is 0 Å². The third kappa shape index (κ3) is 1.23. The van der Waals surface area contributed by atoms with Gasteiger partial charge < -0.3 is 5.32 Å². The van der Waals surface area contributed by atoms with E-state index < -0.39 is 18.0 Å². The van der Waals surface area contributed by atoms with Crippen LogP contribution in [0.3, 0.4) is 0 Å². The van der Waals surface area contributed by atoms with E-state index in [9.17, 15) is 9.59 Å². The Kier molecular flexibility index (Phi) is 1.94. The van der Waals surface area contributed by atoms with Gasteiger partial charge in [-0.1, -0.05) is 30.3 Å². The van der Waals surface area contributed by atoms with Crippen molar-refractivity contribution in [2.24, 2.45) is 5.84 Å². The van der Waals surface area contributed by atoms with Gasteiger partial charge in [-0.15, -0.1) is 0 Å². The van der Waals surface area contributed by atoms with Gasteiger partial charge in [-0.25, -0.2) is 10.6 Å². The third-order valence-corrected chi connectivity index (χ3v) is 2.10. The smallest absolute Gasteiger partial charge is 0.321 e. The normalized spacial score (nSPS) is 21.2. The highest BCUT2D eigenvalue weighted by atomic mass is 16.2. The number of imide groups is 1. The number of carbonyl (C=O) groups excluding carboxylic acids is 2. The molecule has 3 N–H and O–H groups in total. The van der Waals surface area contributed by atoms with Crippen molar-refractivity contribution in [3.8, 4) is 0 Å². The fourth-order valence-corrected chi connectivity index (χ4v) is 1.37. The minimum Gasteiger partial charge on any atom is -0.321 e. The van der Waals surface area contributed by atoms with E-state index in [1.54, 1.807) is 24.3 Å². The van der Waals surface area contributed by atoms with Crippen LogP contribution in [-0.2, 0) is 4.79 Å². The zero-order chi connectivity index (χ0) is 10.1. The van der Waals surface area contributed by atoms with E-state index in [1.165, 1.54) is 0 Å². The molecule has 1 aliphatic rings. The van der Waals surface area contributed by atoms with Gasteiger partial charge in [0, 0.05) is 0 Å². The number of nitrogens with two attached hydrogens (primary N) is 1. The topological polar surface area (TPSA) is 75.4 Å². The molecule has 1 saturated heterocycles. The summed E-state index contributed by atoms with van der Waals surface area (Å²) in [5, 5.41) is 3.08. The van der Waals surface area contributed by atoms with Gasteiger partial charge >= 0.3 is 6.03 Å². The second-order valence-corrected chi connectivity index (χ2v) is 3.00. The molecule has 1 atom stereocenters. The Bertz CT molecular complexity index is 377. The number of hydrogen-bond acceptors (Lipinski definition) is 3. The number of rotatable bonds is 1. The predicted molar refractivity (Wildman–Crippen MR) is 48.7 cm³/mol. The summed E-state index contributed by atoms with van der Waals surface area (Å²) in [6.07, 6.45) is 0. The van der Waals surface area contributed by atoms with Crippen LogP contribution in [0.25, 0.3) is 0 Å². The van der Waals surface area contributed by atoms with E-state index in [2.05, 4.69) is 5.32 Å². The molecule has 1 unspecified atom stereocenters. The van der Waals surface area contributed by atoms with Gasteiger partial charge in [0.15, 0.2) is 0 Å². The van der Waals surface area contributed by atoms with Crippen LogP contribution in [0.1, 0.15) is 11.6 Å². The first-order valence-corrected chi connectivity index (χ1v) is 4.14. The Balaban J connectivity index is 2.30. The highest BCUT2D eigenvalue weighted by Gasteiger charge is 2.36. The molecule has 1 aromatic rings. The molecule has 0 radical (unpaired) electrons. The molecular weight excluding hydrogens is 182 g/mol. The van der Waals surface area contributed by atoms with E-state index in [0.29, 0.717) is 5.01 Å². The van der Waals surface area contributed by atoms with Gasteiger partial charge in [-0.2, -0.15) is 5.01 Å². The fraction of sp³-hybridized carbons (Fsp3) is 0.111. The summed E-state index contributed by atoms with van der Waals surface area (Å²) in [5.74, 6) is 4.79. The number of hydrogen-bond donors (Lipinski definition) is 2. The number of hydrazine groups is 1. The first-order valence-electron chi connectivity index (χ1n) is 4.14. The van der Waals surface area contributed by atoms with Gasteiger partial charge in [-0.05, 0) is 5.56 Å². The molecule has 5 heteroatoms. The van der Waals surface area contributed by atoms with Gasteiger partial charge in [0.05, 0.1) is 0 Å². The average Bonchev–Trinajstić information content (AvgIpc) is 2.47. The Morgan fingerprint density at radius 3 is 2.36 bits per heavy atom. The van der Waals surface area contributed by atoms with Crippen molar-refractivity contribution in [3.63, 3.8) is 0 Å². The lowest BCUT2D eigenvalue weighted by molar-refractivity contribution is -0.127. The Labute approximate surface area is 80.5 Å². The highest BCUT2D eigenvalue weighted by Crippen LogP contribution is 2.18. The van der Waals surface area contributed by atoms with Crippen molar-refractivity contribution < 1.29 is 9.59 Å². The fourth-order valence-electron chi connectivity index (χ4n) is 1.37. The number of carbonyl (C=O) groups is 2. The average molecular weight is 191 g/mol. The number of amides is 3. The van der Waals surface area contributed by atoms with E-state index >= 15 is 0 Å². The molecule has 0 aliphatic carbocycles. The molecule has 1 aromatic carbocycles. The second kappa shape index (κ2) is 3.12. The maximum Gasteiger partial charge on any atom is 0.339 e. The zero-order valence-electron chi connectivity index (χ0n) is 7.31. The summed E-state index contributed by atoms with van der Waals surface area (Å²) in [5.41, 5.74) is 0.735. The first-order chi connectivity index (χ1) is 6.70. The van der Waals surface area contributed by atoms with E-state index in [4.69, 9.17) is 5.84 Å². The van der Waals surface area contributed by atoms with Crippen LogP contribution in [0.15, 0.2) is 30.3 Å². The summed E-state index contributed by atoms with van der Waals surface area (Å²) in [6.45, 7) is 0. The summed E-state index contributed by atoms with van der Waals surface area (Å²) in [7, 11) is 0. The van der Waals surface area contributed by atoms with Crippen molar-refractivity contribution >= 4 is 11.9 Å². The van der Waals surface area contributed by atoms with Crippen LogP contribution in [0.4, 0.5) is 4.79 Å². The first kappa shape index (κ1) is 8.71. The molecule has 72 valence electrons. The van der Waals surface area contributed by atoms with Gasteiger partial charge in [0.25, 0.3) is 5.91 Å². The quantitative estimate of drug-likeness (QED) is 0.377. The minimum absolute atomic E-state index is 0.429. The standard InChI is InChI=1S/C9H9N3O2/c10-12-8(13)7(11-9(12)14)6-4-2-1-3-5-6/h1-5,7H,10H2,(H,11,14). The van der Waals surface area contributed by atoms with Crippen LogP contribution in [-0.4, -0.2) is 16.9 Å². The largest absolute Gasteiger partial charge is 0.339 e. The molecule has 5 nitrogen and oxygen atoms in total.